The molecule has 8 bridgehead atoms. The second-order valence-corrected chi connectivity index (χ2v) is 21.2. The standard InChI is InChI=1S/C40H39F4I3O10/c41-39(42,35(51)52)33(37-11-17-3-18(12-37)5-19(4-17)13-37)56-31(49)25-2-1-23(45)10-28(25)55-30-21-6-20-7-22(30)16-38(14-20,15-21)34(40(43,44)36(53)54)57-32(50)26-8-24(46)9-27(47)29(26)48/h1-2,8-10,17-22,30,33-34,48H,3-7,11-16H2,(H,51,52)(H,53,54). The summed E-state index contributed by atoms with van der Waals surface area (Å²) in [6.07, 6.45) is -0.245. The van der Waals surface area contributed by atoms with Gasteiger partial charge in [-0.05, 0) is 204 Å². The molecule has 8 fully saturated rings. The summed E-state index contributed by atoms with van der Waals surface area (Å²) in [7, 11) is 0. The molecule has 0 heterocycles. The third kappa shape index (κ3) is 7.29. The van der Waals surface area contributed by atoms with Crippen LogP contribution in [0.2, 0.25) is 0 Å². The first kappa shape index (κ1) is 41.6. The summed E-state index contributed by atoms with van der Waals surface area (Å²) in [5.41, 5.74) is -3.18. The van der Waals surface area contributed by atoms with Crippen molar-refractivity contribution >= 4 is 91.6 Å². The molecule has 0 amide bonds. The van der Waals surface area contributed by atoms with Crippen molar-refractivity contribution in [3.05, 3.63) is 52.2 Å². The van der Waals surface area contributed by atoms with Crippen molar-refractivity contribution in [3.8, 4) is 11.5 Å². The number of benzene rings is 2. The second-order valence-electron chi connectivity index (χ2n) is 17.5. The van der Waals surface area contributed by atoms with Crippen LogP contribution in [0.25, 0.3) is 0 Å². The van der Waals surface area contributed by atoms with Crippen molar-refractivity contribution in [3.63, 3.8) is 0 Å². The summed E-state index contributed by atoms with van der Waals surface area (Å²) < 4.78 is 82.4. The topological polar surface area (TPSA) is 157 Å². The van der Waals surface area contributed by atoms with Gasteiger partial charge in [-0.1, -0.05) is 0 Å². The monoisotopic (exact) mass is 1140 g/mol. The molecule has 10 nitrogen and oxygen atoms in total. The van der Waals surface area contributed by atoms with Crippen LogP contribution in [0.4, 0.5) is 17.6 Å². The van der Waals surface area contributed by atoms with Crippen molar-refractivity contribution in [1.29, 1.82) is 0 Å². The molecule has 0 aliphatic heterocycles. The van der Waals surface area contributed by atoms with Crippen LogP contribution in [-0.4, -0.2) is 69.4 Å². The molecule has 10 rings (SSSR count). The van der Waals surface area contributed by atoms with Crippen molar-refractivity contribution in [1.82, 2.24) is 0 Å². The van der Waals surface area contributed by atoms with Crippen LogP contribution in [0.1, 0.15) is 91.3 Å². The highest BCUT2D eigenvalue weighted by Gasteiger charge is 2.68. The van der Waals surface area contributed by atoms with Gasteiger partial charge in [0.25, 0.3) is 0 Å². The van der Waals surface area contributed by atoms with Gasteiger partial charge in [-0.3, -0.25) is 0 Å². The molecular formula is C40H39F4I3O10. The van der Waals surface area contributed by atoms with E-state index >= 15 is 17.6 Å². The first-order valence-corrected chi connectivity index (χ1v) is 22.2. The molecule has 4 unspecified atom stereocenters. The molecule has 0 radical (unpaired) electrons. The fourth-order valence-corrected chi connectivity index (χ4v) is 14.7. The number of ether oxygens (including phenoxy) is 3. The molecule has 8 aliphatic rings. The Hall–Kier alpha value is -2.17. The number of phenolic OH excluding ortho intramolecular Hbond substituents is 1. The second kappa shape index (κ2) is 14.8. The van der Waals surface area contributed by atoms with Gasteiger partial charge in [-0.25, -0.2) is 19.2 Å². The third-order valence-electron chi connectivity index (χ3n) is 13.8. The number of hydrogen-bond acceptors (Lipinski definition) is 8. The van der Waals surface area contributed by atoms with E-state index < -0.39 is 82.4 Å². The van der Waals surface area contributed by atoms with Gasteiger partial charge in [0.1, 0.15) is 28.7 Å². The highest BCUT2D eigenvalue weighted by molar-refractivity contribution is 14.1. The minimum Gasteiger partial charge on any atom is -0.506 e. The van der Waals surface area contributed by atoms with Crippen LogP contribution in [0, 0.1) is 57.0 Å². The molecule has 4 atom stereocenters. The molecule has 8 aliphatic carbocycles. The molecular weight excluding hydrogens is 1100 g/mol. The average molecular weight is 1140 g/mol. The molecule has 8 saturated carbocycles. The molecule has 0 saturated heterocycles. The van der Waals surface area contributed by atoms with Gasteiger partial charge in [0.05, 0.1) is 3.57 Å². The summed E-state index contributed by atoms with van der Waals surface area (Å²) in [6.45, 7) is 0. The van der Waals surface area contributed by atoms with E-state index in [1.165, 1.54) is 12.1 Å². The number of rotatable bonds is 12. The highest BCUT2D eigenvalue weighted by atomic mass is 127. The molecule has 57 heavy (non-hydrogen) atoms. The van der Waals surface area contributed by atoms with Crippen LogP contribution in [-0.2, 0) is 19.1 Å². The number of carbonyl (C=O) groups excluding carboxylic acids is 2. The van der Waals surface area contributed by atoms with E-state index in [1.54, 1.807) is 40.8 Å². The summed E-state index contributed by atoms with van der Waals surface area (Å²) in [5.74, 6) is -17.0. The number of alkyl halides is 4. The van der Waals surface area contributed by atoms with Crippen LogP contribution < -0.4 is 4.74 Å². The maximum atomic E-state index is 15.8. The first-order valence-electron chi connectivity index (χ1n) is 19.0. The Bertz CT molecular complexity index is 1980. The Labute approximate surface area is 365 Å². The summed E-state index contributed by atoms with van der Waals surface area (Å²) in [6, 6.07) is 7.35. The zero-order valence-electron chi connectivity index (χ0n) is 30.2. The van der Waals surface area contributed by atoms with Gasteiger partial charge in [0.2, 0.25) is 0 Å². The lowest BCUT2D eigenvalue weighted by Crippen LogP contribution is -2.64. The number of halogens is 7. The average Bonchev–Trinajstić information content (AvgIpc) is 3.11. The molecule has 308 valence electrons. The lowest BCUT2D eigenvalue weighted by Gasteiger charge is -2.61. The number of aromatic hydroxyl groups is 1. The molecule has 2 aromatic carbocycles. The molecule has 0 aromatic heterocycles. The van der Waals surface area contributed by atoms with Crippen molar-refractivity contribution in [2.45, 2.75) is 101 Å². The Kier molecular flexibility index (Phi) is 10.8. The van der Waals surface area contributed by atoms with Gasteiger partial charge in [-0.15, -0.1) is 0 Å². The smallest absolute Gasteiger partial charge is 0.379 e. The first-order chi connectivity index (χ1) is 26.7. The molecule has 3 N–H and O–H groups in total. The van der Waals surface area contributed by atoms with E-state index in [0.717, 1.165) is 19.3 Å². The SMILES string of the molecule is O=C(OC(C12CC3CC(CC(C3)C1)C2)C(F)(F)C(=O)O)c1ccc(I)cc1OC1C2CC3CC1CC(C(OC(=O)c1cc(I)cc(I)c1O)C(F)(F)C(=O)O)(C3)C2. The van der Waals surface area contributed by atoms with E-state index in [0.29, 0.717) is 39.2 Å². The highest BCUT2D eigenvalue weighted by Crippen LogP contribution is 2.65. The number of phenols is 1. The molecule has 2 aromatic rings. The lowest BCUT2D eigenvalue weighted by molar-refractivity contribution is -0.231. The Morgan fingerprint density at radius 3 is 1.60 bits per heavy atom. The fourth-order valence-electron chi connectivity index (χ4n) is 12.4. The van der Waals surface area contributed by atoms with Crippen molar-refractivity contribution in [2.24, 2.45) is 46.3 Å². The largest absolute Gasteiger partial charge is 0.506 e. The van der Waals surface area contributed by atoms with Crippen molar-refractivity contribution < 1.29 is 66.3 Å². The number of esters is 2. The van der Waals surface area contributed by atoms with Gasteiger partial charge < -0.3 is 29.5 Å². The predicted molar refractivity (Wildman–Crippen MR) is 217 cm³/mol. The van der Waals surface area contributed by atoms with Crippen LogP contribution in [0.15, 0.2) is 30.3 Å². The zero-order valence-corrected chi connectivity index (χ0v) is 36.7. The third-order valence-corrected chi connectivity index (χ3v) is 15.9. The molecule has 0 spiro atoms. The van der Waals surface area contributed by atoms with Crippen LogP contribution >= 0.6 is 67.8 Å². The van der Waals surface area contributed by atoms with Gasteiger partial charge in [-0.2, -0.15) is 17.6 Å². The van der Waals surface area contributed by atoms with Crippen LogP contribution in [0.5, 0.6) is 11.5 Å². The van der Waals surface area contributed by atoms with Gasteiger partial charge >= 0.3 is 35.7 Å². The number of hydrogen-bond donors (Lipinski definition) is 3. The number of carbonyl (C=O) groups is 4. The quantitative estimate of drug-likeness (QED) is 0.106. The zero-order chi connectivity index (χ0) is 41.0. The maximum absolute atomic E-state index is 15.8. The number of carboxylic acid groups (broad SMARTS) is 2. The van der Waals surface area contributed by atoms with E-state index in [4.69, 9.17) is 14.2 Å². The summed E-state index contributed by atoms with van der Waals surface area (Å²) in [5, 5.41) is 30.1. The maximum Gasteiger partial charge on any atom is 0.379 e. The normalized spacial score (nSPS) is 33.4. The minimum absolute atomic E-state index is 0.00393. The molecule has 17 heteroatoms. The van der Waals surface area contributed by atoms with E-state index in [1.807, 2.05) is 45.2 Å². The summed E-state index contributed by atoms with van der Waals surface area (Å²) in [4.78, 5) is 51.7. The van der Waals surface area contributed by atoms with Crippen molar-refractivity contribution in [2.75, 3.05) is 0 Å². The number of aliphatic carboxylic acids is 2. The van der Waals surface area contributed by atoms with E-state index in [-0.39, 0.29) is 63.4 Å². The van der Waals surface area contributed by atoms with Crippen LogP contribution in [0.3, 0.4) is 0 Å². The predicted octanol–water partition coefficient (Wildman–Crippen LogP) is 9.19. The minimum atomic E-state index is -4.49. The van der Waals surface area contributed by atoms with E-state index in [9.17, 15) is 34.5 Å². The van der Waals surface area contributed by atoms with E-state index in [2.05, 4.69) is 0 Å². The Morgan fingerprint density at radius 1 is 0.649 bits per heavy atom. The number of carboxylic acids is 2. The Balaban J connectivity index is 1.07. The fraction of sp³-hybridized carbons (Fsp3) is 0.600. The van der Waals surface area contributed by atoms with Gasteiger partial charge in [0.15, 0.2) is 12.2 Å². The lowest BCUT2D eigenvalue weighted by atomic mass is 9.46. The Morgan fingerprint density at radius 2 is 1.11 bits per heavy atom. The van der Waals surface area contributed by atoms with Gasteiger partial charge in [0, 0.05) is 18.0 Å². The summed E-state index contributed by atoms with van der Waals surface area (Å²) >= 11 is 5.69.